The molecule has 0 radical (unpaired) electrons. The number of methoxy groups -OCH3 is 1. The number of amides is 1. The van der Waals surface area contributed by atoms with Gasteiger partial charge in [0.1, 0.15) is 4.32 Å². The van der Waals surface area contributed by atoms with E-state index in [1.54, 1.807) is 12.1 Å². The van der Waals surface area contributed by atoms with E-state index >= 15 is 0 Å². The summed E-state index contributed by atoms with van der Waals surface area (Å²) in [5, 5.41) is 12.1. The Morgan fingerprint density at radius 2 is 2.22 bits per heavy atom. The standard InChI is InChI=1S/C12H11NO3S2/c1-6(10-11(15)13-12(17)18-10)7-3-4-8(14)9(5-7)16-2/h3-5,14H,1-2H3,(H,13,15,17)/b10-6+. The van der Waals surface area contributed by atoms with Gasteiger partial charge in [0.05, 0.1) is 12.0 Å². The summed E-state index contributed by atoms with van der Waals surface area (Å²) < 4.78 is 5.50. The van der Waals surface area contributed by atoms with Crippen LogP contribution in [0.25, 0.3) is 5.57 Å². The molecule has 0 bridgehead atoms. The monoisotopic (exact) mass is 281 g/mol. The van der Waals surface area contributed by atoms with Crippen molar-refractivity contribution in [3.05, 3.63) is 28.7 Å². The number of carbonyl (C=O) groups is 1. The number of phenols is 1. The van der Waals surface area contributed by atoms with E-state index in [0.29, 0.717) is 15.0 Å². The number of nitrogens with one attached hydrogen (secondary N) is 1. The number of thiocarbonyl (C=S) groups is 1. The van der Waals surface area contributed by atoms with E-state index in [1.807, 2.05) is 6.92 Å². The van der Waals surface area contributed by atoms with Crippen LogP contribution in [0.5, 0.6) is 11.5 Å². The highest BCUT2D eigenvalue weighted by atomic mass is 32.2. The van der Waals surface area contributed by atoms with Crippen LogP contribution in [0.15, 0.2) is 23.1 Å². The second kappa shape index (κ2) is 4.99. The van der Waals surface area contributed by atoms with Crippen LogP contribution in [0, 0.1) is 0 Å². The first-order chi connectivity index (χ1) is 8.52. The summed E-state index contributed by atoms with van der Waals surface area (Å²) in [6.45, 7) is 1.83. The molecule has 0 spiro atoms. The van der Waals surface area contributed by atoms with Gasteiger partial charge in [-0.1, -0.05) is 30.0 Å². The molecular formula is C12H11NO3S2. The number of thioether (sulfide) groups is 1. The highest BCUT2D eigenvalue weighted by molar-refractivity contribution is 8.26. The zero-order valence-corrected chi connectivity index (χ0v) is 11.4. The predicted molar refractivity (Wildman–Crippen MR) is 75.6 cm³/mol. The van der Waals surface area contributed by atoms with Gasteiger partial charge in [0.2, 0.25) is 0 Å². The Bertz CT molecular complexity index is 566. The second-order valence-corrected chi connectivity index (χ2v) is 5.37. The van der Waals surface area contributed by atoms with Crippen LogP contribution in [-0.4, -0.2) is 22.4 Å². The number of hydrogen-bond acceptors (Lipinski definition) is 5. The minimum absolute atomic E-state index is 0.0677. The Kier molecular flexibility index (Phi) is 3.58. The lowest BCUT2D eigenvalue weighted by Gasteiger charge is -2.08. The van der Waals surface area contributed by atoms with E-state index in [9.17, 15) is 9.90 Å². The maximum absolute atomic E-state index is 11.7. The topological polar surface area (TPSA) is 58.6 Å². The minimum Gasteiger partial charge on any atom is -0.504 e. The largest absolute Gasteiger partial charge is 0.504 e. The first-order valence-corrected chi connectivity index (χ1v) is 6.37. The molecule has 1 aromatic rings. The zero-order chi connectivity index (χ0) is 13.3. The molecule has 1 fully saturated rings. The van der Waals surface area contributed by atoms with Crippen LogP contribution < -0.4 is 10.1 Å². The van der Waals surface area contributed by atoms with Crippen molar-refractivity contribution in [2.75, 3.05) is 7.11 Å². The third kappa shape index (κ3) is 2.34. The molecule has 18 heavy (non-hydrogen) atoms. The first kappa shape index (κ1) is 12.9. The second-order valence-electron chi connectivity index (χ2n) is 3.68. The van der Waals surface area contributed by atoms with Gasteiger partial charge in [-0.3, -0.25) is 4.79 Å². The fourth-order valence-corrected chi connectivity index (χ4v) is 2.69. The van der Waals surface area contributed by atoms with Crippen molar-refractivity contribution in [2.45, 2.75) is 6.92 Å². The van der Waals surface area contributed by atoms with Gasteiger partial charge in [0.25, 0.3) is 5.91 Å². The molecule has 4 nitrogen and oxygen atoms in total. The highest BCUT2D eigenvalue weighted by Crippen LogP contribution is 2.35. The van der Waals surface area contributed by atoms with Gasteiger partial charge in [0, 0.05) is 0 Å². The predicted octanol–water partition coefficient (Wildman–Crippen LogP) is 2.28. The summed E-state index contributed by atoms with van der Waals surface area (Å²) in [4.78, 5) is 12.2. The Balaban J connectivity index is 2.46. The first-order valence-electron chi connectivity index (χ1n) is 5.14. The minimum atomic E-state index is -0.186. The number of carbonyl (C=O) groups excluding carboxylic acids is 1. The van der Waals surface area contributed by atoms with Crippen LogP contribution in [-0.2, 0) is 4.79 Å². The van der Waals surface area contributed by atoms with Gasteiger partial charge in [-0.2, -0.15) is 0 Å². The fraction of sp³-hybridized carbons (Fsp3) is 0.167. The summed E-state index contributed by atoms with van der Waals surface area (Å²) in [7, 11) is 1.48. The Labute approximate surface area is 114 Å². The molecular weight excluding hydrogens is 270 g/mol. The maximum atomic E-state index is 11.7. The van der Waals surface area contributed by atoms with Gasteiger partial charge in [-0.15, -0.1) is 0 Å². The molecule has 0 aromatic heterocycles. The number of aromatic hydroxyl groups is 1. The van der Waals surface area contributed by atoms with Gasteiger partial charge in [-0.25, -0.2) is 0 Å². The molecule has 2 N–H and O–H groups in total. The number of benzene rings is 1. The maximum Gasteiger partial charge on any atom is 0.263 e. The summed E-state index contributed by atoms with van der Waals surface area (Å²) in [6, 6.07) is 4.95. The molecule has 1 heterocycles. The van der Waals surface area contributed by atoms with Crippen LogP contribution in [0.3, 0.4) is 0 Å². The molecule has 0 unspecified atom stereocenters. The van der Waals surface area contributed by atoms with Crippen molar-refractivity contribution < 1.29 is 14.6 Å². The van der Waals surface area contributed by atoms with Gasteiger partial charge in [-0.05, 0) is 30.2 Å². The molecule has 1 aromatic carbocycles. The molecule has 6 heteroatoms. The van der Waals surface area contributed by atoms with E-state index in [0.717, 1.165) is 11.1 Å². The SMILES string of the molecule is COc1cc(/C(C)=C2/SC(=S)NC2=O)ccc1O. The normalized spacial score (nSPS) is 17.7. The summed E-state index contributed by atoms with van der Waals surface area (Å²) in [5.74, 6) is 0.256. The van der Waals surface area contributed by atoms with E-state index in [4.69, 9.17) is 17.0 Å². The molecule has 1 saturated heterocycles. The van der Waals surface area contributed by atoms with Crippen molar-refractivity contribution >= 4 is 39.8 Å². The third-order valence-corrected chi connectivity index (χ3v) is 3.91. The van der Waals surface area contributed by atoms with E-state index in [1.165, 1.54) is 24.9 Å². The quantitative estimate of drug-likeness (QED) is 0.643. The molecule has 0 saturated carbocycles. The fourth-order valence-electron chi connectivity index (χ4n) is 1.60. The molecule has 1 aliphatic heterocycles. The van der Waals surface area contributed by atoms with Gasteiger partial charge < -0.3 is 15.2 Å². The average molecular weight is 281 g/mol. The molecule has 0 aliphatic carbocycles. The number of rotatable bonds is 2. The van der Waals surface area contributed by atoms with Gasteiger partial charge in [0.15, 0.2) is 11.5 Å². The van der Waals surface area contributed by atoms with E-state index < -0.39 is 0 Å². The summed E-state index contributed by atoms with van der Waals surface area (Å²) >= 11 is 6.19. The lowest BCUT2D eigenvalue weighted by Crippen LogP contribution is -2.18. The molecule has 94 valence electrons. The highest BCUT2D eigenvalue weighted by Gasteiger charge is 2.25. The average Bonchev–Trinajstić information content (AvgIpc) is 2.68. The smallest absolute Gasteiger partial charge is 0.263 e. The van der Waals surface area contributed by atoms with E-state index in [2.05, 4.69) is 5.32 Å². The number of ether oxygens (including phenoxy) is 1. The number of allylic oxidation sites excluding steroid dienone is 1. The summed E-state index contributed by atoms with van der Waals surface area (Å²) in [6.07, 6.45) is 0. The lowest BCUT2D eigenvalue weighted by atomic mass is 10.1. The van der Waals surface area contributed by atoms with Crippen molar-refractivity contribution in [1.82, 2.24) is 5.32 Å². The number of phenolic OH excluding ortho intramolecular Hbond substituents is 1. The van der Waals surface area contributed by atoms with Crippen molar-refractivity contribution in [3.63, 3.8) is 0 Å². The van der Waals surface area contributed by atoms with Crippen molar-refractivity contribution in [1.29, 1.82) is 0 Å². The molecule has 0 atom stereocenters. The molecule has 1 aliphatic rings. The van der Waals surface area contributed by atoms with E-state index in [-0.39, 0.29) is 11.7 Å². The Hall–Kier alpha value is -1.53. The molecule has 2 rings (SSSR count). The van der Waals surface area contributed by atoms with Crippen LogP contribution in [0.4, 0.5) is 0 Å². The van der Waals surface area contributed by atoms with Crippen molar-refractivity contribution in [3.8, 4) is 11.5 Å². The summed E-state index contributed by atoms with van der Waals surface area (Å²) in [5.41, 5.74) is 1.61. The Morgan fingerprint density at radius 3 is 2.78 bits per heavy atom. The van der Waals surface area contributed by atoms with Crippen molar-refractivity contribution in [2.24, 2.45) is 0 Å². The van der Waals surface area contributed by atoms with Crippen LogP contribution in [0.1, 0.15) is 12.5 Å². The molecule has 1 amide bonds. The number of hydrogen-bond donors (Lipinski definition) is 2. The van der Waals surface area contributed by atoms with Crippen LogP contribution >= 0.6 is 24.0 Å². The van der Waals surface area contributed by atoms with Crippen LogP contribution in [0.2, 0.25) is 0 Å². The zero-order valence-electron chi connectivity index (χ0n) is 9.81. The lowest BCUT2D eigenvalue weighted by molar-refractivity contribution is -0.115. The Morgan fingerprint density at radius 1 is 1.50 bits per heavy atom. The third-order valence-electron chi connectivity index (χ3n) is 2.57. The van der Waals surface area contributed by atoms with Gasteiger partial charge >= 0.3 is 0 Å².